The number of H-pyrrole nitrogens is 1. The number of hydrogen-bond donors (Lipinski definition) is 2. The lowest BCUT2D eigenvalue weighted by atomic mass is 9.93. The summed E-state index contributed by atoms with van der Waals surface area (Å²) < 4.78 is 5.00. The number of rotatable bonds is 4. The van der Waals surface area contributed by atoms with Crippen molar-refractivity contribution in [3.05, 3.63) is 17.5 Å². The van der Waals surface area contributed by atoms with Crippen molar-refractivity contribution < 1.29 is 14.6 Å². The second-order valence-electron chi connectivity index (χ2n) is 4.46. The highest BCUT2D eigenvalue weighted by atomic mass is 16.5. The summed E-state index contributed by atoms with van der Waals surface area (Å²) in [4.78, 5) is 13.0. The predicted octanol–water partition coefficient (Wildman–Crippen LogP) is 0.0546. The number of aliphatic hydroxyl groups excluding tert-OH is 1. The molecule has 2 N–H and O–H groups in total. The van der Waals surface area contributed by atoms with Gasteiger partial charge in [-0.1, -0.05) is 0 Å². The summed E-state index contributed by atoms with van der Waals surface area (Å²) in [5, 5.41) is 15.9. The Hall–Kier alpha value is -1.40. The Balaban J connectivity index is 1.90. The molecule has 1 aliphatic heterocycles. The van der Waals surface area contributed by atoms with Gasteiger partial charge in [0, 0.05) is 37.9 Å². The van der Waals surface area contributed by atoms with Gasteiger partial charge in [0.05, 0.1) is 12.3 Å². The van der Waals surface area contributed by atoms with E-state index in [0.29, 0.717) is 25.6 Å². The zero-order chi connectivity index (χ0) is 13.0. The average Bonchev–Trinajstić information content (AvgIpc) is 2.87. The quantitative estimate of drug-likeness (QED) is 0.794. The SMILES string of the molecule is COCc1[c]c(C2CCN(C(=O)CO)CC2)[nH]n1. The smallest absolute Gasteiger partial charge is 0.248 e. The molecular formula is C12H18N3O3. The number of piperidine rings is 1. The maximum atomic E-state index is 11.3. The van der Waals surface area contributed by atoms with Gasteiger partial charge >= 0.3 is 0 Å². The Labute approximate surface area is 106 Å². The van der Waals surface area contributed by atoms with E-state index < -0.39 is 6.61 Å². The number of hydrogen-bond acceptors (Lipinski definition) is 4. The van der Waals surface area contributed by atoms with E-state index in [0.717, 1.165) is 24.2 Å². The minimum absolute atomic E-state index is 0.192. The van der Waals surface area contributed by atoms with Crippen molar-refractivity contribution in [2.45, 2.75) is 25.4 Å². The largest absolute Gasteiger partial charge is 0.387 e. The fraction of sp³-hybridized carbons (Fsp3) is 0.667. The molecule has 1 saturated heterocycles. The third kappa shape index (κ3) is 2.88. The molecule has 1 amide bonds. The molecule has 2 heterocycles. The molecule has 6 nitrogen and oxygen atoms in total. The summed E-state index contributed by atoms with van der Waals surface area (Å²) >= 11 is 0. The van der Waals surface area contributed by atoms with Crippen molar-refractivity contribution in [3.8, 4) is 0 Å². The van der Waals surface area contributed by atoms with E-state index >= 15 is 0 Å². The number of likely N-dealkylation sites (tertiary alicyclic amines) is 1. The molecule has 0 spiro atoms. The zero-order valence-electron chi connectivity index (χ0n) is 10.5. The molecule has 1 aromatic heterocycles. The molecule has 1 fully saturated rings. The van der Waals surface area contributed by atoms with Crippen LogP contribution < -0.4 is 0 Å². The Bertz CT molecular complexity index is 397. The molecule has 18 heavy (non-hydrogen) atoms. The van der Waals surface area contributed by atoms with Crippen LogP contribution in [0.3, 0.4) is 0 Å². The van der Waals surface area contributed by atoms with Crippen LogP contribution in [0.4, 0.5) is 0 Å². The van der Waals surface area contributed by atoms with Crippen molar-refractivity contribution >= 4 is 5.91 Å². The maximum absolute atomic E-state index is 11.3. The third-order valence-electron chi connectivity index (χ3n) is 3.26. The van der Waals surface area contributed by atoms with Crippen LogP contribution in [-0.4, -0.2) is 52.9 Å². The summed E-state index contributed by atoms with van der Waals surface area (Å²) in [7, 11) is 1.63. The van der Waals surface area contributed by atoms with E-state index in [1.54, 1.807) is 12.0 Å². The Morgan fingerprint density at radius 1 is 1.61 bits per heavy atom. The topological polar surface area (TPSA) is 78.5 Å². The van der Waals surface area contributed by atoms with Crippen molar-refractivity contribution in [3.63, 3.8) is 0 Å². The fourth-order valence-corrected chi connectivity index (χ4v) is 2.26. The van der Waals surface area contributed by atoms with Gasteiger partial charge in [0.2, 0.25) is 5.91 Å². The molecule has 0 saturated carbocycles. The second-order valence-corrected chi connectivity index (χ2v) is 4.46. The molecule has 1 aliphatic rings. The maximum Gasteiger partial charge on any atom is 0.248 e. The van der Waals surface area contributed by atoms with Gasteiger partial charge in [-0.05, 0) is 12.8 Å². The minimum Gasteiger partial charge on any atom is -0.387 e. The number of methoxy groups -OCH3 is 1. The highest BCUT2D eigenvalue weighted by Gasteiger charge is 2.24. The van der Waals surface area contributed by atoms with Gasteiger partial charge in [0.25, 0.3) is 0 Å². The highest BCUT2D eigenvalue weighted by Crippen LogP contribution is 2.26. The molecule has 0 unspecified atom stereocenters. The predicted molar refractivity (Wildman–Crippen MR) is 63.8 cm³/mol. The number of amides is 1. The van der Waals surface area contributed by atoms with Gasteiger partial charge in [-0.2, -0.15) is 5.10 Å². The molecule has 2 rings (SSSR count). The van der Waals surface area contributed by atoms with Crippen LogP contribution in [0.15, 0.2) is 0 Å². The van der Waals surface area contributed by atoms with Crippen LogP contribution in [0.1, 0.15) is 30.1 Å². The zero-order valence-corrected chi connectivity index (χ0v) is 10.5. The van der Waals surface area contributed by atoms with E-state index in [-0.39, 0.29) is 5.91 Å². The van der Waals surface area contributed by atoms with E-state index in [1.807, 2.05) is 0 Å². The molecule has 1 aromatic rings. The highest BCUT2D eigenvalue weighted by molar-refractivity contribution is 5.77. The van der Waals surface area contributed by atoms with Crippen LogP contribution in [0, 0.1) is 6.07 Å². The van der Waals surface area contributed by atoms with Crippen molar-refractivity contribution in [2.24, 2.45) is 0 Å². The lowest BCUT2D eigenvalue weighted by Crippen LogP contribution is -2.39. The number of nitrogens with zero attached hydrogens (tertiary/aromatic N) is 2. The number of nitrogens with one attached hydrogen (secondary N) is 1. The minimum atomic E-state index is -0.404. The second kappa shape index (κ2) is 5.97. The van der Waals surface area contributed by atoms with E-state index in [2.05, 4.69) is 16.3 Å². The van der Waals surface area contributed by atoms with E-state index in [4.69, 9.17) is 9.84 Å². The lowest BCUT2D eigenvalue weighted by molar-refractivity contribution is -0.135. The first kappa shape index (κ1) is 13.0. The van der Waals surface area contributed by atoms with Gasteiger partial charge in [-0.3, -0.25) is 9.89 Å². The normalized spacial score (nSPS) is 17.1. The molecular weight excluding hydrogens is 234 g/mol. The first-order valence-corrected chi connectivity index (χ1v) is 6.08. The lowest BCUT2D eigenvalue weighted by Gasteiger charge is -2.30. The summed E-state index contributed by atoms with van der Waals surface area (Å²) in [5.41, 5.74) is 1.76. The molecule has 0 bridgehead atoms. The number of aliphatic hydroxyl groups is 1. The number of carbonyl (C=O) groups excluding carboxylic acids is 1. The van der Waals surface area contributed by atoms with E-state index in [9.17, 15) is 4.79 Å². The van der Waals surface area contributed by atoms with Crippen LogP contribution in [-0.2, 0) is 16.1 Å². The molecule has 0 aliphatic carbocycles. The fourth-order valence-electron chi connectivity index (χ4n) is 2.26. The molecule has 99 valence electrons. The van der Waals surface area contributed by atoms with Crippen LogP contribution in [0.5, 0.6) is 0 Å². The molecule has 0 atom stereocenters. The molecule has 6 heteroatoms. The van der Waals surface area contributed by atoms with Gasteiger partial charge in [-0.15, -0.1) is 0 Å². The summed E-state index contributed by atoms with van der Waals surface area (Å²) in [5.74, 6) is 0.160. The summed E-state index contributed by atoms with van der Waals surface area (Å²) in [6.07, 6.45) is 1.74. The number of aromatic nitrogens is 2. The number of aromatic amines is 1. The average molecular weight is 252 g/mol. The van der Waals surface area contributed by atoms with Gasteiger partial charge in [0.1, 0.15) is 6.61 Å². The Kier molecular flexibility index (Phi) is 4.33. The van der Waals surface area contributed by atoms with Crippen LogP contribution >= 0.6 is 0 Å². The molecule has 1 radical (unpaired) electrons. The van der Waals surface area contributed by atoms with Crippen molar-refractivity contribution in [1.82, 2.24) is 15.1 Å². The standard InChI is InChI=1S/C12H18N3O3/c1-18-8-10-6-11(14-13-10)9-2-4-15(5-3-9)12(17)7-16/h9,16H,2-5,7-8H2,1H3,(H,13,14). The van der Waals surface area contributed by atoms with Gasteiger partial charge in [0.15, 0.2) is 0 Å². The monoisotopic (exact) mass is 252 g/mol. The van der Waals surface area contributed by atoms with Gasteiger partial charge in [-0.25, -0.2) is 0 Å². The first-order valence-electron chi connectivity index (χ1n) is 6.08. The van der Waals surface area contributed by atoms with E-state index in [1.165, 1.54) is 0 Å². The Morgan fingerprint density at radius 2 is 2.33 bits per heavy atom. The van der Waals surface area contributed by atoms with Crippen LogP contribution in [0.2, 0.25) is 0 Å². The van der Waals surface area contributed by atoms with Crippen molar-refractivity contribution in [2.75, 3.05) is 26.8 Å². The molecule has 0 aromatic carbocycles. The third-order valence-corrected chi connectivity index (χ3v) is 3.26. The van der Waals surface area contributed by atoms with Crippen LogP contribution in [0.25, 0.3) is 0 Å². The number of carbonyl (C=O) groups is 1. The summed E-state index contributed by atoms with van der Waals surface area (Å²) in [6.45, 7) is 1.41. The summed E-state index contributed by atoms with van der Waals surface area (Å²) in [6, 6.07) is 3.20. The van der Waals surface area contributed by atoms with Crippen molar-refractivity contribution in [1.29, 1.82) is 0 Å². The first-order chi connectivity index (χ1) is 8.74. The van der Waals surface area contributed by atoms with Gasteiger partial charge < -0.3 is 14.7 Å². The number of ether oxygens (including phenoxy) is 1. The Morgan fingerprint density at radius 3 is 2.94 bits per heavy atom.